The zero-order chi connectivity index (χ0) is 18.9. The summed E-state index contributed by atoms with van der Waals surface area (Å²) in [6.45, 7) is 0.907. The van der Waals surface area contributed by atoms with Crippen LogP contribution in [0.2, 0.25) is 0 Å². The third-order valence-electron chi connectivity index (χ3n) is 6.32. The molecule has 1 heterocycles. The van der Waals surface area contributed by atoms with Crippen molar-refractivity contribution in [3.05, 3.63) is 29.8 Å². The zero-order valence-electron chi connectivity index (χ0n) is 15.9. The first-order valence-electron chi connectivity index (χ1n) is 10.4. The van der Waals surface area contributed by atoms with E-state index in [0.717, 1.165) is 37.8 Å². The Kier molecular flexibility index (Phi) is 5.55. The van der Waals surface area contributed by atoms with Gasteiger partial charge < -0.3 is 4.90 Å². The van der Waals surface area contributed by atoms with Crippen molar-refractivity contribution in [3.8, 4) is 0 Å². The second-order valence-electron chi connectivity index (χ2n) is 8.38. The molecule has 1 saturated heterocycles. The first-order chi connectivity index (χ1) is 13.0. The van der Waals surface area contributed by atoms with Crippen LogP contribution in [0, 0.1) is 5.92 Å². The zero-order valence-corrected chi connectivity index (χ0v) is 16.7. The van der Waals surface area contributed by atoms with Crippen LogP contribution in [0.5, 0.6) is 0 Å². The van der Waals surface area contributed by atoms with Crippen LogP contribution in [0.1, 0.15) is 63.4 Å². The highest BCUT2D eigenvalue weighted by Gasteiger charge is 2.35. The Morgan fingerprint density at radius 1 is 1.00 bits per heavy atom. The standard InChI is InChI=1S/C21H30N2O3S/c24-21(23-15-3-6-20(23)17-4-1-2-5-17)14-9-16-7-12-19(13-8-16)27(25,26)22-18-10-11-18/h7-8,12-13,17-18,20,22H,1-6,9-11,14-15H2. The quantitative estimate of drug-likeness (QED) is 0.777. The van der Waals surface area contributed by atoms with E-state index in [4.69, 9.17) is 0 Å². The number of carbonyl (C=O) groups excluding carboxylic acids is 1. The van der Waals surface area contributed by atoms with Crippen molar-refractivity contribution in [1.29, 1.82) is 0 Å². The second-order valence-corrected chi connectivity index (χ2v) is 10.1. The van der Waals surface area contributed by atoms with E-state index in [0.29, 0.717) is 29.7 Å². The van der Waals surface area contributed by atoms with Gasteiger partial charge in [-0.1, -0.05) is 25.0 Å². The monoisotopic (exact) mass is 390 g/mol. The highest BCUT2D eigenvalue weighted by atomic mass is 32.2. The fraction of sp³-hybridized carbons (Fsp3) is 0.667. The van der Waals surface area contributed by atoms with Crippen LogP contribution in [0.4, 0.5) is 0 Å². The summed E-state index contributed by atoms with van der Waals surface area (Å²) in [7, 11) is -3.40. The molecule has 1 N–H and O–H groups in total. The van der Waals surface area contributed by atoms with Crippen LogP contribution in [0.25, 0.3) is 0 Å². The molecule has 0 aromatic heterocycles. The van der Waals surface area contributed by atoms with Crippen molar-refractivity contribution in [1.82, 2.24) is 9.62 Å². The van der Waals surface area contributed by atoms with Crippen LogP contribution in [0.3, 0.4) is 0 Å². The molecule has 5 nitrogen and oxygen atoms in total. The number of carbonyl (C=O) groups is 1. The van der Waals surface area contributed by atoms with Gasteiger partial charge in [-0.2, -0.15) is 0 Å². The van der Waals surface area contributed by atoms with E-state index in [9.17, 15) is 13.2 Å². The number of aryl methyl sites for hydroxylation is 1. The highest BCUT2D eigenvalue weighted by Crippen LogP contribution is 2.35. The minimum Gasteiger partial charge on any atom is -0.339 e. The molecule has 148 valence electrons. The van der Waals surface area contributed by atoms with E-state index in [2.05, 4.69) is 9.62 Å². The Labute approximate surface area is 162 Å². The van der Waals surface area contributed by atoms with Crippen molar-refractivity contribution < 1.29 is 13.2 Å². The summed E-state index contributed by atoms with van der Waals surface area (Å²) >= 11 is 0. The topological polar surface area (TPSA) is 66.5 Å². The molecular weight excluding hydrogens is 360 g/mol. The van der Waals surface area contributed by atoms with Crippen LogP contribution < -0.4 is 4.72 Å². The van der Waals surface area contributed by atoms with E-state index in [1.54, 1.807) is 12.1 Å². The molecule has 0 spiro atoms. The second kappa shape index (κ2) is 7.92. The summed E-state index contributed by atoms with van der Waals surface area (Å²) in [5, 5.41) is 0. The van der Waals surface area contributed by atoms with Crippen molar-refractivity contribution in [2.24, 2.45) is 5.92 Å². The number of likely N-dealkylation sites (tertiary alicyclic amines) is 1. The lowest BCUT2D eigenvalue weighted by atomic mass is 9.95. The first-order valence-corrected chi connectivity index (χ1v) is 11.9. The van der Waals surface area contributed by atoms with Gasteiger partial charge in [0, 0.05) is 25.0 Å². The first kappa shape index (κ1) is 18.9. The van der Waals surface area contributed by atoms with Crippen molar-refractivity contribution in [2.45, 2.75) is 81.2 Å². The van der Waals surface area contributed by atoms with E-state index >= 15 is 0 Å². The highest BCUT2D eigenvalue weighted by molar-refractivity contribution is 7.89. The number of nitrogens with zero attached hydrogens (tertiary/aromatic N) is 1. The molecule has 0 radical (unpaired) electrons. The summed E-state index contributed by atoms with van der Waals surface area (Å²) in [6.07, 6.45) is 10.5. The Hall–Kier alpha value is -1.40. The van der Waals surface area contributed by atoms with E-state index in [1.807, 2.05) is 12.1 Å². The molecule has 1 aromatic rings. The Morgan fingerprint density at radius 3 is 2.37 bits per heavy atom. The summed E-state index contributed by atoms with van der Waals surface area (Å²) in [5.41, 5.74) is 1.02. The number of hydrogen-bond donors (Lipinski definition) is 1. The Morgan fingerprint density at radius 2 is 1.70 bits per heavy atom. The van der Waals surface area contributed by atoms with Gasteiger partial charge in [-0.05, 0) is 68.6 Å². The van der Waals surface area contributed by atoms with Gasteiger partial charge >= 0.3 is 0 Å². The molecule has 3 aliphatic rings. The molecule has 2 aliphatic carbocycles. The molecule has 6 heteroatoms. The van der Waals surface area contributed by atoms with Gasteiger partial charge in [0.05, 0.1) is 4.90 Å². The van der Waals surface area contributed by atoms with E-state index < -0.39 is 10.0 Å². The predicted molar refractivity (Wildman–Crippen MR) is 105 cm³/mol. The average molecular weight is 391 g/mol. The molecule has 4 rings (SSSR count). The third-order valence-corrected chi connectivity index (χ3v) is 7.86. The number of amides is 1. The van der Waals surface area contributed by atoms with Gasteiger partial charge in [0.25, 0.3) is 0 Å². The number of sulfonamides is 1. The number of nitrogens with one attached hydrogen (secondary N) is 1. The average Bonchev–Trinajstić information content (AvgIpc) is 3.14. The van der Waals surface area contributed by atoms with Crippen molar-refractivity contribution in [2.75, 3.05) is 6.54 Å². The molecule has 2 saturated carbocycles. The molecule has 3 fully saturated rings. The lowest BCUT2D eigenvalue weighted by Gasteiger charge is -2.29. The molecule has 27 heavy (non-hydrogen) atoms. The van der Waals surface area contributed by atoms with Gasteiger partial charge in [0.2, 0.25) is 15.9 Å². The molecule has 1 aliphatic heterocycles. The third kappa shape index (κ3) is 4.54. The lowest BCUT2D eigenvalue weighted by Crippen LogP contribution is -2.39. The van der Waals surface area contributed by atoms with Gasteiger partial charge in [0.1, 0.15) is 0 Å². The molecule has 0 bridgehead atoms. The minimum atomic E-state index is -3.40. The Balaban J connectivity index is 1.32. The maximum atomic E-state index is 12.8. The molecular formula is C21H30N2O3S. The van der Waals surface area contributed by atoms with Gasteiger partial charge in [0.15, 0.2) is 0 Å². The molecule has 1 atom stereocenters. The smallest absolute Gasteiger partial charge is 0.240 e. The van der Waals surface area contributed by atoms with Crippen LogP contribution in [0.15, 0.2) is 29.2 Å². The Bertz CT molecular complexity index is 765. The number of benzene rings is 1. The fourth-order valence-corrected chi connectivity index (χ4v) is 5.96. The maximum absolute atomic E-state index is 12.8. The van der Waals surface area contributed by atoms with Gasteiger partial charge in [-0.25, -0.2) is 13.1 Å². The van der Waals surface area contributed by atoms with Crippen LogP contribution in [-0.4, -0.2) is 37.9 Å². The summed E-state index contributed by atoms with van der Waals surface area (Å²) in [6, 6.07) is 7.56. The van der Waals surface area contributed by atoms with Crippen LogP contribution >= 0.6 is 0 Å². The summed E-state index contributed by atoms with van der Waals surface area (Å²) in [4.78, 5) is 15.2. The summed E-state index contributed by atoms with van der Waals surface area (Å²) < 4.78 is 27.1. The summed E-state index contributed by atoms with van der Waals surface area (Å²) in [5.74, 6) is 0.969. The van der Waals surface area contributed by atoms with E-state index in [-0.39, 0.29) is 11.9 Å². The van der Waals surface area contributed by atoms with E-state index in [1.165, 1.54) is 25.7 Å². The SMILES string of the molecule is O=C(CCc1ccc(S(=O)(=O)NC2CC2)cc1)N1CCCC1C1CCCC1. The van der Waals surface area contributed by atoms with Crippen molar-refractivity contribution in [3.63, 3.8) is 0 Å². The normalized spacial score (nSPS) is 23.9. The number of rotatable bonds is 7. The predicted octanol–water partition coefficient (Wildman–Crippen LogP) is 3.24. The lowest BCUT2D eigenvalue weighted by molar-refractivity contribution is -0.132. The maximum Gasteiger partial charge on any atom is 0.240 e. The largest absolute Gasteiger partial charge is 0.339 e. The van der Waals surface area contributed by atoms with Crippen LogP contribution in [-0.2, 0) is 21.2 Å². The van der Waals surface area contributed by atoms with Gasteiger partial charge in [-0.15, -0.1) is 0 Å². The number of hydrogen-bond acceptors (Lipinski definition) is 3. The fourth-order valence-electron chi connectivity index (χ4n) is 4.65. The molecule has 1 unspecified atom stereocenters. The minimum absolute atomic E-state index is 0.112. The molecule has 1 aromatic carbocycles. The molecule has 1 amide bonds. The van der Waals surface area contributed by atoms with Crippen molar-refractivity contribution >= 4 is 15.9 Å². The van der Waals surface area contributed by atoms with Gasteiger partial charge in [-0.3, -0.25) is 4.79 Å².